The minimum Gasteiger partial charge on any atom is -0.380 e. The van der Waals surface area contributed by atoms with E-state index in [0.29, 0.717) is 0 Å². The lowest BCUT2D eigenvalue weighted by Gasteiger charge is -2.05. The number of nitrogens with zero attached hydrogens (tertiary/aromatic N) is 1. The molecule has 0 saturated heterocycles. The molecule has 1 aromatic rings. The van der Waals surface area contributed by atoms with Gasteiger partial charge in [0.15, 0.2) is 0 Å². The van der Waals surface area contributed by atoms with E-state index in [0.717, 1.165) is 42.5 Å². The van der Waals surface area contributed by atoms with Crippen molar-refractivity contribution in [1.29, 1.82) is 0 Å². The summed E-state index contributed by atoms with van der Waals surface area (Å²) in [6, 6.07) is 5.95. The van der Waals surface area contributed by atoms with Crippen LogP contribution >= 0.6 is 15.9 Å². The molecule has 2 rings (SSSR count). The van der Waals surface area contributed by atoms with Crippen molar-refractivity contribution < 1.29 is 4.74 Å². The zero-order valence-corrected chi connectivity index (χ0v) is 10.9. The summed E-state index contributed by atoms with van der Waals surface area (Å²) in [7, 11) is 0. The normalized spacial score (nSPS) is 15.3. The molecule has 1 aliphatic carbocycles. The van der Waals surface area contributed by atoms with Gasteiger partial charge < -0.3 is 10.1 Å². The Morgan fingerprint density at radius 2 is 2.31 bits per heavy atom. The van der Waals surface area contributed by atoms with Crippen molar-refractivity contribution >= 4 is 15.9 Å². The number of halogens is 1. The highest BCUT2D eigenvalue weighted by atomic mass is 79.9. The zero-order chi connectivity index (χ0) is 11.2. The van der Waals surface area contributed by atoms with Crippen LogP contribution in [0.25, 0.3) is 0 Å². The maximum atomic E-state index is 5.53. The lowest BCUT2D eigenvalue weighted by Crippen LogP contribution is -2.20. The molecule has 0 aromatic carbocycles. The van der Waals surface area contributed by atoms with Crippen molar-refractivity contribution in [3.8, 4) is 0 Å². The monoisotopic (exact) mass is 284 g/mol. The van der Waals surface area contributed by atoms with E-state index in [-0.39, 0.29) is 0 Å². The van der Waals surface area contributed by atoms with Crippen LogP contribution in [0.5, 0.6) is 0 Å². The van der Waals surface area contributed by atoms with Crippen molar-refractivity contribution in [1.82, 2.24) is 10.3 Å². The first-order valence-corrected chi connectivity index (χ1v) is 6.54. The van der Waals surface area contributed by atoms with Crippen LogP contribution in [0.4, 0.5) is 0 Å². The second kappa shape index (κ2) is 6.33. The Hall–Kier alpha value is -0.450. The molecule has 0 unspecified atom stereocenters. The van der Waals surface area contributed by atoms with Crippen LogP contribution in [0, 0.1) is 5.92 Å². The predicted molar refractivity (Wildman–Crippen MR) is 67.2 cm³/mol. The summed E-state index contributed by atoms with van der Waals surface area (Å²) in [4.78, 5) is 4.34. The first-order valence-electron chi connectivity index (χ1n) is 5.74. The molecule has 0 spiro atoms. The van der Waals surface area contributed by atoms with E-state index in [1.54, 1.807) is 0 Å². The third kappa shape index (κ3) is 4.60. The van der Waals surface area contributed by atoms with Gasteiger partial charge in [0.25, 0.3) is 0 Å². The minimum absolute atomic E-state index is 0.796. The van der Waals surface area contributed by atoms with Gasteiger partial charge in [-0.3, -0.25) is 0 Å². The number of rotatable bonds is 7. The minimum atomic E-state index is 0.796. The van der Waals surface area contributed by atoms with Gasteiger partial charge in [0.05, 0.1) is 12.3 Å². The van der Waals surface area contributed by atoms with Gasteiger partial charge >= 0.3 is 0 Å². The second-order valence-corrected chi connectivity index (χ2v) is 4.96. The molecule has 3 nitrogen and oxygen atoms in total. The van der Waals surface area contributed by atoms with Crippen molar-refractivity contribution in [2.45, 2.75) is 19.4 Å². The van der Waals surface area contributed by atoms with Gasteiger partial charge in [-0.2, -0.15) is 0 Å². The maximum absolute atomic E-state index is 5.53. The lowest BCUT2D eigenvalue weighted by atomic mass is 10.3. The van der Waals surface area contributed by atoms with Gasteiger partial charge in [0.2, 0.25) is 0 Å². The van der Waals surface area contributed by atoms with Crippen molar-refractivity contribution in [2.24, 2.45) is 5.92 Å². The Labute approximate surface area is 105 Å². The molecule has 0 amide bonds. The highest BCUT2D eigenvalue weighted by Crippen LogP contribution is 2.28. The smallest absolute Gasteiger partial charge is 0.106 e. The molecule has 0 aliphatic heterocycles. The van der Waals surface area contributed by atoms with Crippen LogP contribution in [0.3, 0.4) is 0 Å². The summed E-state index contributed by atoms with van der Waals surface area (Å²) in [6.45, 7) is 3.43. The van der Waals surface area contributed by atoms with Gasteiger partial charge in [-0.1, -0.05) is 6.07 Å². The highest BCUT2D eigenvalue weighted by Gasteiger charge is 2.20. The highest BCUT2D eigenvalue weighted by molar-refractivity contribution is 9.10. The fourth-order valence-electron chi connectivity index (χ4n) is 1.44. The quantitative estimate of drug-likeness (QED) is 0.617. The molecule has 1 N–H and O–H groups in total. The standard InChI is InChI=1S/C12H17BrN2O/c13-12-3-1-2-11(15-12)8-14-6-7-16-9-10-4-5-10/h1-3,10,14H,4-9H2. The molecule has 1 fully saturated rings. The van der Waals surface area contributed by atoms with E-state index in [4.69, 9.17) is 4.74 Å². The molecule has 88 valence electrons. The van der Waals surface area contributed by atoms with E-state index < -0.39 is 0 Å². The molecule has 0 bridgehead atoms. The molecule has 0 atom stereocenters. The number of hydrogen-bond acceptors (Lipinski definition) is 3. The summed E-state index contributed by atoms with van der Waals surface area (Å²) in [5, 5.41) is 3.31. The fraction of sp³-hybridized carbons (Fsp3) is 0.583. The van der Waals surface area contributed by atoms with Crippen LogP contribution in [-0.2, 0) is 11.3 Å². The van der Waals surface area contributed by atoms with E-state index >= 15 is 0 Å². The third-order valence-corrected chi connectivity index (χ3v) is 2.99. The number of hydrogen-bond donors (Lipinski definition) is 1. The molecule has 1 aromatic heterocycles. The Bertz CT molecular complexity index is 329. The number of pyridine rings is 1. The Morgan fingerprint density at radius 3 is 3.06 bits per heavy atom. The van der Waals surface area contributed by atoms with Crippen molar-refractivity contribution in [2.75, 3.05) is 19.8 Å². The topological polar surface area (TPSA) is 34.1 Å². The third-order valence-electron chi connectivity index (χ3n) is 2.55. The van der Waals surface area contributed by atoms with Gasteiger partial charge in [-0.05, 0) is 46.8 Å². The average Bonchev–Trinajstić information content (AvgIpc) is 3.07. The van der Waals surface area contributed by atoms with Gasteiger partial charge in [0, 0.05) is 19.7 Å². The van der Waals surface area contributed by atoms with Crippen LogP contribution in [-0.4, -0.2) is 24.7 Å². The van der Waals surface area contributed by atoms with Gasteiger partial charge in [-0.25, -0.2) is 4.98 Å². The van der Waals surface area contributed by atoms with Crippen LogP contribution in [0.2, 0.25) is 0 Å². The van der Waals surface area contributed by atoms with E-state index in [2.05, 4.69) is 26.2 Å². The number of nitrogens with one attached hydrogen (secondary N) is 1. The summed E-state index contributed by atoms with van der Waals surface area (Å²) in [6.07, 6.45) is 2.71. The van der Waals surface area contributed by atoms with Crippen LogP contribution < -0.4 is 5.32 Å². The molecule has 16 heavy (non-hydrogen) atoms. The Kier molecular flexibility index (Phi) is 4.75. The Balaban J connectivity index is 1.53. The SMILES string of the molecule is Brc1cccc(CNCCOCC2CC2)n1. The first-order chi connectivity index (χ1) is 7.84. The first kappa shape index (κ1) is 12.0. The molecule has 1 aliphatic rings. The number of aromatic nitrogens is 1. The van der Waals surface area contributed by atoms with Crippen molar-refractivity contribution in [3.63, 3.8) is 0 Å². The molecular weight excluding hydrogens is 268 g/mol. The predicted octanol–water partition coefficient (Wildman–Crippen LogP) is 2.36. The van der Waals surface area contributed by atoms with E-state index in [1.165, 1.54) is 12.8 Å². The molecule has 1 heterocycles. The summed E-state index contributed by atoms with van der Waals surface area (Å²) >= 11 is 3.36. The van der Waals surface area contributed by atoms with Crippen LogP contribution in [0.1, 0.15) is 18.5 Å². The van der Waals surface area contributed by atoms with Gasteiger partial charge in [0.1, 0.15) is 4.60 Å². The summed E-state index contributed by atoms with van der Waals surface area (Å²) < 4.78 is 6.41. The van der Waals surface area contributed by atoms with E-state index in [1.807, 2.05) is 18.2 Å². The molecule has 4 heteroatoms. The zero-order valence-electron chi connectivity index (χ0n) is 9.29. The Morgan fingerprint density at radius 1 is 1.44 bits per heavy atom. The summed E-state index contributed by atoms with van der Waals surface area (Å²) in [5.74, 6) is 0.853. The maximum Gasteiger partial charge on any atom is 0.106 e. The molecule has 0 radical (unpaired) electrons. The molecular formula is C12H17BrN2O. The second-order valence-electron chi connectivity index (χ2n) is 4.15. The molecule has 1 saturated carbocycles. The lowest BCUT2D eigenvalue weighted by molar-refractivity contribution is 0.126. The van der Waals surface area contributed by atoms with E-state index in [9.17, 15) is 0 Å². The number of ether oxygens (including phenoxy) is 1. The summed E-state index contributed by atoms with van der Waals surface area (Å²) in [5.41, 5.74) is 1.05. The van der Waals surface area contributed by atoms with Crippen LogP contribution in [0.15, 0.2) is 22.8 Å². The fourth-order valence-corrected chi connectivity index (χ4v) is 1.82. The van der Waals surface area contributed by atoms with Crippen molar-refractivity contribution in [3.05, 3.63) is 28.5 Å². The average molecular weight is 285 g/mol. The van der Waals surface area contributed by atoms with Gasteiger partial charge in [-0.15, -0.1) is 0 Å². The largest absolute Gasteiger partial charge is 0.380 e.